The van der Waals surface area contributed by atoms with E-state index in [2.05, 4.69) is 11.4 Å². The van der Waals surface area contributed by atoms with E-state index in [-0.39, 0.29) is 18.2 Å². The first-order valence-electron chi connectivity index (χ1n) is 4.99. The molecule has 1 aromatic rings. The molecule has 78 valence electrons. The van der Waals surface area contributed by atoms with Crippen LogP contribution in [0.4, 0.5) is 0 Å². The molecule has 0 radical (unpaired) electrons. The summed E-state index contributed by atoms with van der Waals surface area (Å²) in [5, 5.41) is 11.7. The minimum atomic E-state index is -0.349. The zero-order valence-electron chi connectivity index (χ0n) is 8.73. The number of nitriles is 1. The van der Waals surface area contributed by atoms with Crippen molar-refractivity contribution < 1.29 is 4.79 Å². The molecule has 1 amide bonds. The van der Waals surface area contributed by atoms with E-state index in [9.17, 15) is 4.79 Å². The summed E-state index contributed by atoms with van der Waals surface area (Å²) in [6.45, 7) is 2.47. The number of carbonyl (C=O) groups excluding carboxylic acids is 1. The van der Waals surface area contributed by atoms with Gasteiger partial charge < -0.3 is 5.32 Å². The predicted octanol–water partition coefficient (Wildman–Crippen LogP) is 1.82. The molecule has 3 nitrogen and oxygen atoms in total. The molecule has 0 aliphatic carbocycles. The summed E-state index contributed by atoms with van der Waals surface area (Å²) in [6, 6.07) is 11.5. The molecule has 0 heterocycles. The minimum absolute atomic E-state index is 0.0760. The smallest absolute Gasteiger partial charge is 0.221 e. The number of benzene rings is 1. The van der Waals surface area contributed by atoms with Crippen molar-refractivity contribution in [2.45, 2.75) is 19.3 Å². The second kappa shape index (κ2) is 5.82. The highest BCUT2D eigenvalue weighted by molar-refractivity contribution is 5.77. The highest BCUT2D eigenvalue weighted by atomic mass is 16.1. The maximum atomic E-state index is 11.3. The van der Waals surface area contributed by atoms with E-state index in [1.165, 1.54) is 0 Å². The largest absolute Gasteiger partial charge is 0.356 e. The molecule has 0 saturated heterocycles. The second-order valence-electron chi connectivity index (χ2n) is 3.25. The predicted molar refractivity (Wildman–Crippen MR) is 58.1 cm³/mol. The Morgan fingerprint density at radius 1 is 1.47 bits per heavy atom. The number of amides is 1. The average molecular weight is 202 g/mol. The van der Waals surface area contributed by atoms with Gasteiger partial charge in [0.05, 0.1) is 12.0 Å². The fraction of sp³-hybridized carbons (Fsp3) is 0.333. The molecule has 0 spiro atoms. The molecule has 0 aliphatic rings. The van der Waals surface area contributed by atoms with E-state index in [0.717, 1.165) is 5.56 Å². The van der Waals surface area contributed by atoms with Crippen molar-refractivity contribution >= 4 is 5.91 Å². The van der Waals surface area contributed by atoms with Crippen LogP contribution in [0.3, 0.4) is 0 Å². The molecule has 1 unspecified atom stereocenters. The van der Waals surface area contributed by atoms with Crippen LogP contribution in [0.5, 0.6) is 0 Å². The zero-order chi connectivity index (χ0) is 11.1. The number of carbonyl (C=O) groups is 1. The van der Waals surface area contributed by atoms with Gasteiger partial charge in [0.2, 0.25) is 5.91 Å². The fourth-order valence-corrected chi connectivity index (χ4v) is 1.38. The van der Waals surface area contributed by atoms with Gasteiger partial charge in [0.25, 0.3) is 0 Å². The maximum Gasteiger partial charge on any atom is 0.221 e. The molecule has 1 aromatic carbocycles. The first-order valence-corrected chi connectivity index (χ1v) is 4.99. The van der Waals surface area contributed by atoms with Crippen LogP contribution in [0, 0.1) is 11.3 Å². The lowest BCUT2D eigenvalue weighted by Crippen LogP contribution is -2.24. The first kappa shape index (κ1) is 11.3. The van der Waals surface area contributed by atoms with Crippen molar-refractivity contribution in [1.29, 1.82) is 5.26 Å². The van der Waals surface area contributed by atoms with Crippen LogP contribution in [0.2, 0.25) is 0 Å². The second-order valence-corrected chi connectivity index (χ2v) is 3.25. The molecule has 15 heavy (non-hydrogen) atoms. The molecule has 0 fully saturated rings. The molecule has 1 atom stereocenters. The van der Waals surface area contributed by atoms with E-state index < -0.39 is 0 Å². The Bertz CT molecular complexity index is 354. The van der Waals surface area contributed by atoms with E-state index in [1.807, 2.05) is 37.3 Å². The maximum absolute atomic E-state index is 11.3. The molecule has 3 heteroatoms. The quantitative estimate of drug-likeness (QED) is 0.809. The third-order valence-electron chi connectivity index (χ3n) is 2.12. The van der Waals surface area contributed by atoms with Crippen molar-refractivity contribution in [2.75, 3.05) is 6.54 Å². The Hall–Kier alpha value is -1.82. The Balaban J connectivity index is 2.66. The Labute approximate surface area is 89.7 Å². The standard InChI is InChI=1S/C12H14N2O/c1-2-14-12(15)8-11(9-13)10-6-4-3-5-7-10/h3-7,11H,2,8H2,1H3,(H,14,15). The van der Waals surface area contributed by atoms with E-state index >= 15 is 0 Å². The third-order valence-corrected chi connectivity index (χ3v) is 2.12. The van der Waals surface area contributed by atoms with E-state index in [1.54, 1.807) is 0 Å². The number of rotatable bonds is 4. The van der Waals surface area contributed by atoms with E-state index in [4.69, 9.17) is 5.26 Å². The van der Waals surface area contributed by atoms with Crippen LogP contribution < -0.4 is 5.32 Å². The number of hydrogen-bond acceptors (Lipinski definition) is 2. The summed E-state index contributed by atoms with van der Waals surface area (Å²) in [4.78, 5) is 11.3. The summed E-state index contributed by atoms with van der Waals surface area (Å²) in [5.74, 6) is -0.425. The van der Waals surface area contributed by atoms with Gasteiger partial charge in [0.1, 0.15) is 0 Å². The van der Waals surface area contributed by atoms with Gasteiger partial charge in [-0.05, 0) is 12.5 Å². The molecule has 0 saturated carbocycles. The Kier molecular flexibility index (Phi) is 4.36. The van der Waals surface area contributed by atoms with Gasteiger partial charge in [-0.2, -0.15) is 5.26 Å². The number of hydrogen-bond donors (Lipinski definition) is 1. The summed E-state index contributed by atoms with van der Waals surface area (Å²) in [5.41, 5.74) is 0.895. The lowest BCUT2D eigenvalue weighted by molar-refractivity contribution is -0.121. The van der Waals surface area contributed by atoms with Gasteiger partial charge >= 0.3 is 0 Å². The Morgan fingerprint density at radius 3 is 2.67 bits per heavy atom. The van der Waals surface area contributed by atoms with Crippen LogP contribution in [0.25, 0.3) is 0 Å². The normalized spacial score (nSPS) is 11.5. The van der Waals surface area contributed by atoms with Crippen LogP contribution in [-0.4, -0.2) is 12.5 Å². The van der Waals surface area contributed by atoms with Gasteiger partial charge in [0, 0.05) is 13.0 Å². The fourth-order valence-electron chi connectivity index (χ4n) is 1.38. The van der Waals surface area contributed by atoms with Crippen LogP contribution in [-0.2, 0) is 4.79 Å². The lowest BCUT2D eigenvalue weighted by Gasteiger charge is -2.08. The van der Waals surface area contributed by atoms with Gasteiger partial charge in [-0.3, -0.25) is 4.79 Å². The summed E-state index contributed by atoms with van der Waals surface area (Å²) in [7, 11) is 0. The molecule has 0 aliphatic heterocycles. The zero-order valence-corrected chi connectivity index (χ0v) is 8.73. The molecular weight excluding hydrogens is 188 g/mol. The van der Waals surface area contributed by atoms with Gasteiger partial charge in [-0.1, -0.05) is 30.3 Å². The number of nitrogens with one attached hydrogen (secondary N) is 1. The summed E-state index contributed by atoms with van der Waals surface area (Å²) in [6.07, 6.45) is 0.231. The first-order chi connectivity index (χ1) is 7.27. The van der Waals surface area contributed by atoms with Crippen molar-refractivity contribution in [2.24, 2.45) is 0 Å². The third kappa shape index (κ3) is 3.43. The molecular formula is C12H14N2O. The molecule has 1 rings (SSSR count). The summed E-state index contributed by atoms with van der Waals surface area (Å²) < 4.78 is 0. The Morgan fingerprint density at radius 2 is 2.13 bits per heavy atom. The molecule has 0 bridgehead atoms. The SMILES string of the molecule is CCNC(=O)CC(C#N)c1ccccc1. The monoisotopic (exact) mass is 202 g/mol. The number of nitrogens with zero attached hydrogens (tertiary/aromatic N) is 1. The molecule has 1 N–H and O–H groups in total. The van der Waals surface area contributed by atoms with Crippen molar-refractivity contribution in [1.82, 2.24) is 5.32 Å². The van der Waals surface area contributed by atoms with E-state index in [0.29, 0.717) is 6.54 Å². The molecule has 0 aromatic heterocycles. The summed E-state index contributed by atoms with van der Waals surface area (Å²) >= 11 is 0. The van der Waals surface area contributed by atoms with Crippen LogP contribution in [0.15, 0.2) is 30.3 Å². The lowest BCUT2D eigenvalue weighted by atomic mass is 9.97. The van der Waals surface area contributed by atoms with Crippen LogP contribution >= 0.6 is 0 Å². The van der Waals surface area contributed by atoms with Gasteiger partial charge in [-0.15, -0.1) is 0 Å². The van der Waals surface area contributed by atoms with Crippen molar-refractivity contribution in [3.8, 4) is 6.07 Å². The van der Waals surface area contributed by atoms with Gasteiger partial charge in [-0.25, -0.2) is 0 Å². The minimum Gasteiger partial charge on any atom is -0.356 e. The van der Waals surface area contributed by atoms with Crippen LogP contribution in [0.1, 0.15) is 24.8 Å². The highest BCUT2D eigenvalue weighted by Crippen LogP contribution is 2.17. The topological polar surface area (TPSA) is 52.9 Å². The highest BCUT2D eigenvalue weighted by Gasteiger charge is 2.14. The van der Waals surface area contributed by atoms with Gasteiger partial charge in [0.15, 0.2) is 0 Å². The average Bonchev–Trinajstić information content (AvgIpc) is 2.27. The van der Waals surface area contributed by atoms with Crippen molar-refractivity contribution in [3.63, 3.8) is 0 Å². The van der Waals surface area contributed by atoms with Crippen molar-refractivity contribution in [3.05, 3.63) is 35.9 Å².